The van der Waals surface area contributed by atoms with Gasteiger partial charge in [-0.2, -0.15) is 0 Å². The summed E-state index contributed by atoms with van der Waals surface area (Å²) in [5.41, 5.74) is 0.836. The van der Waals surface area contributed by atoms with Crippen molar-refractivity contribution in [1.29, 1.82) is 0 Å². The Morgan fingerprint density at radius 1 is 1.50 bits per heavy atom. The SMILES string of the molecule is CC(O)Nc1ncc(CN2CCCC(Cc3cc(F)ccn3)C2)s1. The number of likely N-dealkylation sites (tertiary alicyclic amines) is 1. The molecule has 0 amide bonds. The van der Waals surface area contributed by atoms with E-state index >= 15 is 0 Å². The van der Waals surface area contributed by atoms with E-state index in [1.807, 2.05) is 6.20 Å². The molecule has 3 heterocycles. The smallest absolute Gasteiger partial charge is 0.184 e. The first-order chi connectivity index (χ1) is 11.6. The molecule has 2 unspecified atom stereocenters. The van der Waals surface area contributed by atoms with E-state index < -0.39 is 6.23 Å². The number of aliphatic hydroxyl groups excluding tert-OH is 1. The lowest BCUT2D eigenvalue weighted by Gasteiger charge is -2.32. The summed E-state index contributed by atoms with van der Waals surface area (Å²) < 4.78 is 13.3. The lowest BCUT2D eigenvalue weighted by molar-refractivity contribution is 0.167. The minimum absolute atomic E-state index is 0.213. The van der Waals surface area contributed by atoms with E-state index in [1.54, 1.807) is 24.5 Å². The van der Waals surface area contributed by atoms with Crippen molar-refractivity contribution in [3.05, 3.63) is 40.9 Å². The van der Waals surface area contributed by atoms with E-state index in [-0.39, 0.29) is 5.82 Å². The molecule has 0 aliphatic carbocycles. The quantitative estimate of drug-likeness (QED) is 0.785. The lowest BCUT2D eigenvalue weighted by Crippen LogP contribution is -2.35. The number of nitrogens with zero attached hydrogens (tertiary/aromatic N) is 3. The molecular weight excluding hydrogens is 327 g/mol. The minimum atomic E-state index is -0.595. The third kappa shape index (κ3) is 4.96. The fourth-order valence-electron chi connectivity index (χ4n) is 3.16. The Kier molecular flexibility index (Phi) is 5.76. The molecule has 1 fully saturated rings. The monoisotopic (exact) mass is 350 g/mol. The van der Waals surface area contributed by atoms with Crippen LogP contribution in [0.4, 0.5) is 9.52 Å². The lowest BCUT2D eigenvalue weighted by atomic mass is 9.93. The summed E-state index contributed by atoms with van der Waals surface area (Å²) in [7, 11) is 0. The van der Waals surface area contributed by atoms with Gasteiger partial charge in [-0.3, -0.25) is 9.88 Å². The molecule has 7 heteroatoms. The molecule has 0 radical (unpaired) electrons. The molecule has 0 saturated carbocycles. The van der Waals surface area contributed by atoms with Crippen LogP contribution in [-0.4, -0.2) is 39.3 Å². The topological polar surface area (TPSA) is 61.3 Å². The molecule has 0 spiro atoms. The van der Waals surface area contributed by atoms with Gasteiger partial charge in [0.25, 0.3) is 0 Å². The van der Waals surface area contributed by atoms with Crippen LogP contribution in [0.25, 0.3) is 0 Å². The molecule has 2 atom stereocenters. The molecule has 2 aromatic heterocycles. The normalized spacial score (nSPS) is 20.0. The zero-order chi connectivity index (χ0) is 16.9. The minimum Gasteiger partial charge on any atom is -0.374 e. The summed E-state index contributed by atoms with van der Waals surface area (Å²) in [6.07, 6.45) is 5.95. The molecule has 5 nitrogen and oxygen atoms in total. The van der Waals surface area contributed by atoms with Crippen LogP contribution in [0.15, 0.2) is 24.5 Å². The first-order valence-electron chi connectivity index (χ1n) is 8.30. The summed E-state index contributed by atoms with van der Waals surface area (Å²) >= 11 is 1.58. The standard InChI is InChI=1S/C17H23FN4OS/c1-12(23)21-17-20-9-16(24-17)11-22-6-2-3-13(10-22)7-15-8-14(18)4-5-19-15/h4-5,8-9,12-13,23H,2-3,6-7,10-11H2,1H3,(H,20,21). The van der Waals surface area contributed by atoms with Crippen molar-refractivity contribution in [2.24, 2.45) is 5.92 Å². The molecule has 0 bridgehead atoms. The second-order valence-corrected chi connectivity index (χ2v) is 7.48. The zero-order valence-electron chi connectivity index (χ0n) is 13.8. The van der Waals surface area contributed by atoms with E-state index in [1.165, 1.54) is 17.0 Å². The largest absolute Gasteiger partial charge is 0.374 e. The Hall–Kier alpha value is -1.57. The first-order valence-corrected chi connectivity index (χ1v) is 9.12. The summed E-state index contributed by atoms with van der Waals surface area (Å²) in [6, 6.07) is 2.93. The maximum Gasteiger partial charge on any atom is 0.184 e. The van der Waals surface area contributed by atoms with Gasteiger partial charge in [-0.05, 0) is 50.8 Å². The van der Waals surface area contributed by atoms with Crippen molar-refractivity contribution in [1.82, 2.24) is 14.9 Å². The average Bonchev–Trinajstić information content (AvgIpc) is 2.94. The van der Waals surface area contributed by atoms with E-state index in [0.717, 1.165) is 49.7 Å². The highest BCUT2D eigenvalue weighted by atomic mass is 32.1. The average molecular weight is 350 g/mol. The molecule has 1 aliphatic heterocycles. The van der Waals surface area contributed by atoms with Crippen molar-refractivity contribution in [3.63, 3.8) is 0 Å². The number of anilines is 1. The van der Waals surface area contributed by atoms with Crippen LogP contribution in [0.2, 0.25) is 0 Å². The van der Waals surface area contributed by atoms with Crippen molar-refractivity contribution >= 4 is 16.5 Å². The fourth-order valence-corrected chi connectivity index (χ4v) is 4.10. The van der Waals surface area contributed by atoms with Crippen molar-refractivity contribution in [3.8, 4) is 0 Å². The van der Waals surface area contributed by atoms with Crippen molar-refractivity contribution < 1.29 is 9.50 Å². The predicted octanol–water partition coefficient (Wildman–Crippen LogP) is 2.88. The van der Waals surface area contributed by atoms with Gasteiger partial charge in [-0.25, -0.2) is 9.37 Å². The predicted molar refractivity (Wildman–Crippen MR) is 93.3 cm³/mol. The van der Waals surface area contributed by atoms with Crippen molar-refractivity contribution in [2.45, 2.75) is 39.0 Å². The van der Waals surface area contributed by atoms with Crippen molar-refractivity contribution in [2.75, 3.05) is 18.4 Å². The van der Waals surface area contributed by atoms with Gasteiger partial charge >= 0.3 is 0 Å². The summed E-state index contributed by atoms with van der Waals surface area (Å²) in [4.78, 5) is 12.2. The van der Waals surface area contributed by atoms with Gasteiger partial charge in [-0.1, -0.05) is 0 Å². The number of hydrogen-bond donors (Lipinski definition) is 2. The molecule has 0 aromatic carbocycles. The van der Waals surface area contributed by atoms with Gasteiger partial charge < -0.3 is 10.4 Å². The van der Waals surface area contributed by atoms with Gasteiger partial charge in [0.2, 0.25) is 0 Å². The highest BCUT2D eigenvalue weighted by molar-refractivity contribution is 7.15. The Balaban J connectivity index is 1.54. The molecule has 130 valence electrons. The van der Waals surface area contributed by atoms with Gasteiger partial charge in [0.05, 0.1) is 0 Å². The first kappa shape index (κ1) is 17.3. The molecule has 3 rings (SSSR count). The Morgan fingerprint density at radius 2 is 2.38 bits per heavy atom. The molecule has 2 aromatic rings. The van der Waals surface area contributed by atoms with Gasteiger partial charge in [-0.15, -0.1) is 11.3 Å². The van der Waals surface area contributed by atoms with Crippen LogP contribution in [0.1, 0.15) is 30.3 Å². The number of hydrogen-bond acceptors (Lipinski definition) is 6. The number of nitrogens with one attached hydrogen (secondary N) is 1. The number of halogens is 1. The molecule has 24 heavy (non-hydrogen) atoms. The number of piperidine rings is 1. The number of aliphatic hydroxyl groups is 1. The van der Waals surface area contributed by atoms with Crippen LogP contribution < -0.4 is 5.32 Å². The number of rotatable bonds is 6. The van der Waals surface area contributed by atoms with Crippen LogP contribution >= 0.6 is 11.3 Å². The van der Waals surface area contributed by atoms with E-state index in [2.05, 4.69) is 20.2 Å². The zero-order valence-corrected chi connectivity index (χ0v) is 14.6. The van der Waals surface area contributed by atoms with E-state index in [4.69, 9.17) is 0 Å². The number of pyridine rings is 1. The van der Waals surface area contributed by atoms with E-state index in [0.29, 0.717) is 5.92 Å². The summed E-state index contributed by atoms with van der Waals surface area (Å²) in [6.45, 7) is 4.61. The summed E-state index contributed by atoms with van der Waals surface area (Å²) in [5.74, 6) is 0.298. The second-order valence-electron chi connectivity index (χ2n) is 6.36. The highest BCUT2D eigenvalue weighted by Crippen LogP contribution is 2.25. The number of thiazole rings is 1. The van der Waals surface area contributed by atoms with Crippen LogP contribution in [0.5, 0.6) is 0 Å². The maximum atomic E-state index is 13.3. The third-order valence-electron chi connectivity index (χ3n) is 4.14. The maximum absolute atomic E-state index is 13.3. The Morgan fingerprint density at radius 3 is 3.17 bits per heavy atom. The Bertz CT molecular complexity index is 664. The molecular formula is C17H23FN4OS. The van der Waals surface area contributed by atoms with Crippen LogP contribution in [0.3, 0.4) is 0 Å². The molecule has 1 aliphatic rings. The molecule has 1 saturated heterocycles. The number of aromatic nitrogens is 2. The van der Waals surface area contributed by atoms with Gasteiger partial charge in [0, 0.05) is 36.1 Å². The third-order valence-corrected chi connectivity index (χ3v) is 5.06. The Labute approximate surface area is 145 Å². The van der Waals surface area contributed by atoms with E-state index in [9.17, 15) is 9.50 Å². The second kappa shape index (κ2) is 8.00. The summed E-state index contributed by atoms with van der Waals surface area (Å²) in [5, 5.41) is 13.0. The van der Waals surface area contributed by atoms with Gasteiger partial charge in [0.15, 0.2) is 5.13 Å². The molecule has 2 N–H and O–H groups in total. The highest BCUT2D eigenvalue weighted by Gasteiger charge is 2.21. The van der Waals surface area contributed by atoms with Crippen LogP contribution in [-0.2, 0) is 13.0 Å². The van der Waals surface area contributed by atoms with Gasteiger partial charge in [0.1, 0.15) is 12.0 Å². The fraction of sp³-hybridized carbons (Fsp3) is 0.529. The van der Waals surface area contributed by atoms with Crippen LogP contribution in [0, 0.1) is 11.7 Å².